The van der Waals surface area contributed by atoms with Crippen molar-refractivity contribution in [3.05, 3.63) is 87.9 Å². The Bertz CT molecular complexity index is 1230. The highest BCUT2D eigenvalue weighted by Crippen LogP contribution is 2.44. The maximum Gasteiger partial charge on any atom is 0.411 e. The average Bonchev–Trinajstić information content (AvgIpc) is 3.16. The molecule has 0 heterocycles. The van der Waals surface area contributed by atoms with E-state index >= 15 is 0 Å². The van der Waals surface area contributed by atoms with Gasteiger partial charge in [0.1, 0.15) is 6.61 Å². The van der Waals surface area contributed by atoms with Gasteiger partial charge in [-0.05, 0) is 40.5 Å². The molecule has 0 bridgehead atoms. The third kappa shape index (κ3) is 5.70. The van der Waals surface area contributed by atoms with Crippen LogP contribution >= 0.6 is 15.9 Å². The fraction of sp³-hybridized carbons (Fsp3) is 0.192. The van der Waals surface area contributed by atoms with Crippen molar-refractivity contribution in [2.24, 2.45) is 0 Å². The third-order valence-electron chi connectivity index (χ3n) is 5.74. The largest absolute Gasteiger partial charge is 0.479 e. The van der Waals surface area contributed by atoms with E-state index in [1.165, 1.54) is 6.07 Å². The van der Waals surface area contributed by atoms with E-state index in [2.05, 4.69) is 38.7 Å². The van der Waals surface area contributed by atoms with Crippen LogP contribution in [0.1, 0.15) is 33.8 Å². The van der Waals surface area contributed by atoms with Gasteiger partial charge in [-0.1, -0.05) is 64.5 Å². The van der Waals surface area contributed by atoms with E-state index in [1.807, 2.05) is 36.4 Å². The van der Waals surface area contributed by atoms with Gasteiger partial charge in [0.25, 0.3) is 5.91 Å². The lowest BCUT2D eigenvalue weighted by molar-refractivity contribution is -0.146. The highest BCUT2D eigenvalue weighted by molar-refractivity contribution is 9.10. The van der Waals surface area contributed by atoms with Crippen molar-refractivity contribution in [3.63, 3.8) is 0 Å². The quantitative estimate of drug-likeness (QED) is 0.337. The second kappa shape index (κ2) is 10.7. The Morgan fingerprint density at radius 2 is 1.60 bits per heavy atom. The molecule has 35 heavy (non-hydrogen) atoms. The SMILES string of the molecule is O=C(Nc1cc(Br)cc(C(=O)NCC[C@H](O)C(=O)O)c1)OCC1c2ccccc2-c2ccccc21. The Labute approximate surface area is 210 Å². The highest BCUT2D eigenvalue weighted by Gasteiger charge is 2.29. The second-order valence-corrected chi connectivity index (χ2v) is 8.99. The van der Waals surface area contributed by atoms with Crippen molar-refractivity contribution < 1.29 is 29.3 Å². The zero-order valence-electron chi connectivity index (χ0n) is 18.5. The minimum absolute atomic E-state index is 0.0199. The summed E-state index contributed by atoms with van der Waals surface area (Å²) in [7, 11) is 0. The van der Waals surface area contributed by atoms with Gasteiger partial charge in [-0.2, -0.15) is 0 Å². The summed E-state index contributed by atoms with van der Waals surface area (Å²) >= 11 is 3.32. The van der Waals surface area contributed by atoms with Crippen LogP contribution < -0.4 is 10.6 Å². The monoisotopic (exact) mass is 538 g/mol. The second-order valence-electron chi connectivity index (χ2n) is 8.08. The lowest BCUT2D eigenvalue weighted by Gasteiger charge is -2.15. The molecule has 4 rings (SSSR count). The number of carbonyl (C=O) groups excluding carboxylic acids is 2. The van der Waals surface area contributed by atoms with Crippen LogP contribution in [-0.2, 0) is 9.53 Å². The Morgan fingerprint density at radius 1 is 0.971 bits per heavy atom. The smallest absolute Gasteiger partial charge is 0.411 e. The van der Waals surface area contributed by atoms with Gasteiger partial charge < -0.3 is 20.3 Å². The summed E-state index contributed by atoms with van der Waals surface area (Å²) in [6, 6.07) is 20.8. The molecule has 8 nitrogen and oxygen atoms in total. The van der Waals surface area contributed by atoms with Gasteiger partial charge in [0, 0.05) is 34.6 Å². The molecule has 0 aromatic heterocycles. The number of ether oxygens (including phenoxy) is 1. The first-order chi connectivity index (χ1) is 16.8. The van der Waals surface area contributed by atoms with Crippen LogP contribution in [0.2, 0.25) is 0 Å². The minimum Gasteiger partial charge on any atom is -0.479 e. The number of aliphatic carboxylic acids is 1. The Morgan fingerprint density at radius 3 is 2.23 bits per heavy atom. The molecule has 0 saturated carbocycles. The van der Waals surface area contributed by atoms with Crippen molar-refractivity contribution in [2.45, 2.75) is 18.4 Å². The molecule has 3 aromatic carbocycles. The van der Waals surface area contributed by atoms with Gasteiger partial charge in [-0.3, -0.25) is 10.1 Å². The van der Waals surface area contributed by atoms with E-state index in [0.29, 0.717) is 10.2 Å². The predicted octanol–water partition coefficient (Wildman–Crippen LogP) is 4.38. The number of halogens is 1. The molecular weight excluding hydrogens is 516 g/mol. The van der Waals surface area contributed by atoms with Crippen LogP contribution in [0.5, 0.6) is 0 Å². The fourth-order valence-corrected chi connectivity index (χ4v) is 4.59. The normalized spacial score (nSPS) is 12.9. The molecule has 1 atom stereocenters. The highest BCUT2D eigenvalue weighted by atomic mass is 79.9. The number of aliphatic hydroxyl groups excluding tert-OH is 1. The number of aliphatic hydroxyl groups is 1. The first-order valence-electron chi connectivity index (χ1n) is 10.9. The van der Waals surface area contributed by atoms with E-state index in [4.69, 9.17) is 9.84 Å². The molecule has 3 aromatic rings. The van der Waals surface area contributed by atoms with Crippen LogP contribution in [-0.4, -0.2) is 47.4 Å². The number of amides is 2. The number of benzene rings is 3. The lowest BCUT2D eigenvalue weighted by Crippen LogP contribution is -2.30. The van der Waals surface area contributed by atoms with Crippen molar-refractivity contribution in [1.29, 1.82) is 0 Å². The molecule has 1 aliphatic rings. The number of hydrogen-bond donors (Lipinski definition) is 4. The maximum atomic E-state index is 12.6. The van der Waals surface area contributed by atoms with Crippen molar-refractivity contribution in [2.75, 3.05) is 18.5 Å². The van der Waals surface area contributed by atoms with Crippen LogP contribution in [0, 0.1) is 0 Å². The molecule has 0 unspecified atom stereocenters. The molecule has 0 spiro atoms. The van der Waals surface area contributed by atoms with Gasteiger partial charge >= 0.3 is 12.1 Å². The summed E-state index contributed by atoms with van der Waals surface area (Å²) < 4.78 is 6.11. The van der Waals surface area contributed by atoms with Gasteiger partial charge in [0.05, 0.1) is 0 Å². The summed E-state index contributed by atoms with van der Waals surface area (Å²) in [4.78, 5) is 35.7. The van der Waals surface area contributed by atoms with E-state index in [1.54, 1.807) is 12.1 Å². The molecule has 4 N–H and O–H groups in total. The van der Waals surface area contributed by atoms with E-state index in [9.17, 15) is 19.5 Å². The van der Waals surface area contributed by atoms with E-state index < -0.39 is 24.1 Å². The number of rotatable bonds is 8. The summed E-state index contributed by atoms with van der Waals surface area (Å²) in [5.74, 6) is -1.89. The molecule has 0 aliphatic heterocycles. The van der Waals surface area contributed by atoms with E-state index in [0.717, 1.165) is 22.3 Å². The summed E-state index contributed by atoms with van der Waals surface area (Å²) in [5.41, 5.74) is 5.09. The van der Waals surface area contributed by atoms with Crippen LogP contribution in [0.3, 0.4) is 0 Å². The molecule has 0 fully saturated rings. The Hall–Kier alpha value is -3.69. The Kier molecular flexibility index (Phi) is 7.48. The first-order valence-corrected chi connectivity index (χ1v) is 11.7. The topological polar surface area (TPSA) is 125 Å². The van der Waals surface area contributed by atoms with Crippen molar-refractivity contribution in [3.8, 4) is 11.1 Å². The molecule has 9 heteroatoms. The number of carboxylic acids is 1. The maximum absolute atomic E-state index is 12.6. The fourth-order valence-electron chi connectivity index (χ4n) is 4.09. The zero-order chi connectivity index (χ0) is 24.9. The average molecular weight is 539 g/mol. The summed E-state index contributed by atoms with van der Waals surface area (Å²) in [6.07, 6.45) is -2.33. The van der Waals surface area contributed by atoms with Crippen molar-refractivity contribution in [1.82, 2.24) is 5.32 Å². The molecule has 0 radical (unpaired) electrons. The van der Waals surface area contributed by atoms with Gasteiger partial charge in [-0.15, -0.1) is 0 Å². The summed E-state index contributed by atoms with van der Waals surface area (Å²) in [6.45, 7) is 0.140. The number of anilines is 1. The van der Waals surface area contributed by atoms with Gasteiger partial charge in [0.2, 0.25) is 0 Å². The molecule has 0 saturated heterocycles. The predicted molar refractivity (Wildman–Crippen MR) is 133 cm³/mol. The molecule has 2 amide bonds. The molecule has 180 valence electrons. The van der Waals surface area contributed by atoms with Gasteiger partial charge in [-0.25, -0.2) is 9.59 Å². The minimum atomic E-state index is -1.55. The summed E-state index contributed by atoms with van der Waals surface area (Å²) in [5, 5.41) is 23.2. The zero-order valence-corrected chi connectivity index (χ0v) is 20.1. The van der Waals surface area contributed by atoms with E-state index in [-0.39, 0.29) is 31.1 Å². The first kappa shape index (κ1) is 24.4. The Balaban J connectivity index is 1.38. The lowest BCUT2D eigenvalue weighted by atomic mass is 9.98. The molecular formula is C26H23BrN2O6. The van der Waals surface area contributed by atoms with Crippen molar-refractivity contribution >= 4 is 39.6 Å². The van der Waals surface area contributed by atoms with Crippen LogP contribution in [0.4, 0.5) is 10.5 Å². The van der Waals surface area contributed by atoms with Crippen LogP contribution in [0.15, 0.2) is 71.2 Å². The number of carbonyl (C=O) groups is 3. The number of hydrogen-bond acceptors (Lipinski definition) is 5. The third-order valence-corrected chi connectivity index (χ3v) is 6.20. The number of carboxylic acid groups (broad SMARTS) is 1. The standard InChI is InChI=1S/C26H23BrN2O6/c27-16-11-15(24(31)28-10-9-23(30)25(32)33)12-17(13-16)29-26(34)35-14-22-20-7-3-1-5-18(20)19-6-2-4-8-21(19)22/h1-8,11-13,22-23,30H,9-10,14H2,(H,28,31)(H,29,34)(H,32,33)/t23-/m0/s1. The van der Waals surface area contributed by atoms with Gasteiger partial charge in [0.15, 0.2) is 6.10 Å². The number of fused-ring (bicyclic) bond motifs is 3. The van der Waals surface area contributed by atoms with Crippen LogP contribution in [0.25, 0.3) is 11.1 Å². The molecule has 1 aliphatic carbocycles. The number of nitrogens with one attached hydrogen (secondary N) is 2.